The molecular weight excluding hydrogens is 256 g/mol. The van der Waals surface area contributed by atoms with Crippen LogP contribution in [0.1, 0.15) is 60.3 Å². The third kappa shape index (κ3) is 4.45. The Morgan fingerprint density at radius 1 is 0.905 bits per heavy atom. The third-order valence-corrected chi connectivity index (χ3v) is 6.43. The van der Waals surface area contributed by atoms with Gasteiger partial charge in [-0.1, -0.05) is 27.7 Å². The van der Waals surface area contributed by atoms with E-state index in [2.05, 4.69) is 51.5 Å². The quantitative estimate of drug-likeness (QED) is 0.753. The summed E-state index contributed by atoms with van der Waals surface area (Å²) < 4.78 is 0. The van der Waals surface area contributed by atoms with Crippen LogP contribution in [0.15, 0.2) is 0 Å². The van der Waals surface area contributed by atoms with E-state index in [1.54, 1.807) is 0 Å². The lowest BCUT2D eigenvalue weighted by atomic mass is 9.81. The molecule has 0 radical (unpaired) electrons. The lowest BCUT2D eigenvalue weighted by Crippen LogP contribution is -2.45. The van der Waals surface area contributed by atoms with Crippen LogP contribution in [-0.2, 0) is 0 Å². The van der Waals surface area contributed by atoms with Crippen molar-refractivity contribution in [2.45, 2.75) is 72.4 Å². The number of piperidine rings is 1. The van der Waals surface area contributed by atoms with Gasteiger partial charge < -0.3 is 9.80 Å². The average molecular weight is 295 g/mol. The van der Waals surface area contributed by atoms with E-state index in [-0.39, 0.29) is 0 Å². The molecular formula is C19H38N2. The Morgan fingerprint density at radius 3 is 2.10 bits per heavy atom. The minimum Gasteiger partial charge on any atom is -0.303 e. The van der Waals surface area contributed by atoms with Crippen LogP contribution in [0.5, 0.6) is 0 Å². The molecule has 21 heavy (non-hydrogen) atoms. The second-order valence-electron chi connectivity index (χ2n) is 8.54. The van der Waals surface area contributed by atoms with E-state index in [1.807, 2.05) is 0 Å². The molecule has 0 spiro atoms. The average Bonchev–Trinajstić information content (AvgIpc) is 2.90. The molecule has 2 aliphatic rings. The summed E-state index contributed by atoms with van der Waals surface area (Å²) in [5.74, 6) is 3.58. The number of hydrogen-bond donors (Lipinski definition) is 0. The van der Waals surface area contributed by atoms with Crippen LogP contribution in [-0.4, -0.2) is 48.6 Å². The van der Waals surface area contributed by atoms with Crippen LogP contribution in [0.2, 0.25) is 0 Å². The molecule has 2 heteroatoms. The van der Waals surface area contributed by atoms with Gasteiger partial charge in [0.2, 0.25) is 0 Å². The normalized spacial score (nSPS) is 34.0. The van der Waals surface area contributed by atoms with Gasteiger partial charge in [0.05, 0.1) is 0 Å². The van der Waals surface area contributed by atoms with Gasteiger partial charge in [0.15, 0.2) is 0 Å². The van der Waals surface area contributed by atoms with Gasteiger partial charge in [0.25, 0.3) is 0 Å². The monoisotopic (exact) mass is 294 g/mol. The van der Waals surface area contributed by atoms with Gasteiger partial charge in [0.1, 0.15) is 0 Å². The van der Waals surface area contributed by atoms with Crippen molar-refractivity contribution in [2.75, 3.05) is 26.7 Å². The maximum atomic E-state index is 2.76. The van der Waals surface area contributed by atoms with Crippen LogP contribution in [0, 0.1) is 23.7 Å². The lowest BCUT2D eigenvalue weighted by molar-refractivity contribution is 0.0878. The maximum absolute atomic E-state index is 2.76. The van der Waals surface area contributed by atoms with Gasteiger partial charge in [-0.05, 0) is 76.4 Å². The largest absolute Gasteiger partial charge is 0.303 e. The van der Waals surface area contributed by atoms with Gasteiger partial charge in [-0.25, -0.2) is 0 Å². The van der Waals surface area contributed by atoms with Gasteiger partial charge >= 0.3 is 0 Å². The minimum absolute atomic E-state index is 0.757. The fourth-order valence-corrected chi connectivity index (χ4v) is 4.38. The van der Waals surface area contributed by atoms with Crippen molar-refractivity contribution in [1.82, 2.24) is 9.80 Å². The fourth-order valence-electron chi connectivity index (χ4n) is 4.38. The van der Waals surface area contributed by atoms with Crippen molar-refractivity contribution in [3.8, 4) is 0 Å². The van der Waals surface area contributed by atoms with Gasteiger partial charge in [-0.2, -0.15) is 0 Å². The first-order valence-electron chi connectivity index (χ1n) is 9.32. The zero-order chi connectivity index (χ0) is 15.6. The van der Waals surface area contributed by atoms with Crippen molar-refractivity contribution in [1.29, 1.82) is 0 Å². The van der Waals surface area contributed by atoms with Crippen molar-refractivity contribution in [3.63, 3.8) is 0 Å². The summed E-state index contributed by atoms with van der Waals surface area (Å²) >= 11 is 0. The highest BCUT2D eigenvalue weighted by Gasteiger charge is 2.32. The minimum atomic E-state index is 0.757. The molecule has 2 nitrogen and oxygen atoms in total. The molecule has 2 aliphatic heterocycles. The van der Waals surface area contributed by atoms with E-state index in [9.17, 15) is 0 Å². The van der Waals surface area contributed by atoms with Crippen molar-refractivity contribution < 1.29 is 0 Å². The second kappa shape index (κ2) is 7.46. The van der Waals surface area contributed by atoms with Gasteiger partial charge in [-0.15, -0.1) is 0 Å². The Morgan fingerprint density at radius 2 is 1.52 bits per heavy atom. The highest BCUT2D eigenvalue weighted by atomic mass is 15.2. The molecule has 0 aromatic carbocycles. The standard InChI is InChI=1S/C19H38N2/c1-14(2)17-7-9-20(6)19(12-17)11-16(5)21-10-8-18(13-21)15(3)4/h14-19H,7-13H2,1-6H3. The smallest absolute Gasteiger partial charge is 0.0110 e. The summed E-state index contributed by atoms with van der Waals surface area (Å²) in [5.41, 5.74) is 0. The lowest BCUT2D eigenvalue weighted by Gasteiger charge is -2.41. The zero-order valence-corrected chi connectivity index (χ0v) is 15.3. The Balaban J connectivity index is 1.85. The van der Waals surface area contributed by atoms with Crippen LogP contribution in [0.3, 0.4) is 0 Å². The molecule has 4 atom stereocenters. The summed E-state index contributed by atoms with van der Waals surface area (Å²) in [4.78, 5) is 5.39. The Kier molecular flexibility index (Phi) is 6.14. The first-order chi connectivity index (χ1) is 9.88. The van der Waals surface area contributed by atoms with Crippen LogP contribution in [0.4, 0.5) is 0 Å². The van der Waals surface area contributed by atoms with Crippen molar-refractivity contribution in [2.24, 2.45) is 23.7 Å². The first-order valence-corrected chi connectivity index (χ1v) is 9.32. The van der Waals surface area contributed by atoms with E-state index in [1.165, 1.54) is 45.3 Å². The molecule has 2 saturated heterocycles. The van der Waals surface area contributed by atoms with E-state index in [0.29, 0.717) is 0 Å². The molecule has 2 rings (SSSR count). The molecule has 0 aromatic rings. The number of hydrogen-bond acceptors (Lipinski definition) is 2. The fraction of sp³-hybridized carbons (Fsp3) is 1.00. The molecule has 2 heterocycles. The second-order valence-corrected chi connectivity index (χ2v) is 8.54. The van der Waals surface area contributed by atoms with E-state index in [0.717, 1.165) is 35.8 Å². The van der Waals surface area contributed by atoms with E-state index < -0.39 is 0 Å². The molecule has 0 amide bonds. The zero-order valence-electron chi connectivity index (χ0n) is 15.3. The Labute approximate surface area is 133 Å². The van der Waals surface area contributed by atoms with E-state index >= 15 is 0 Å². The van der Waals surface area contributed by atoms with Crippen molar-refractivity contribution in [3.05, 3.63) is 0 Å². The van der Waals surface area contributed by atoms with Crippen molar-refractivity contribution >= 4 is 0 Å². The number of nitrogens with zero attached hydrogens (tertiary/aromatic N) is 2. The summed E-state index contributed by atoms with van der Waals surface area (Å²) in [6, 6.07) is 1.56. The predicted molar refractivity (Wildman–Crippen MR) is 92.6 cm³/mol. The molecule has 0 aromatic heterocycles. The van der Waals surface area contributed by atoms with Gasteiger partial charge in [0, 0.05) is 18.6 Å². The highest BCUT2D eigenvalue weighted by Crippen LogP contribution is 2.32. The molecule has 0 aliphatic carbocycles. The van der Waals surface area contributed by atoms with Crippen LogP contribution < -0.4 is 0 Å². The molecule has 0 N–H and O–H groups in total. The maximum Gasteiger partial charge on any atom is 0.0110 e. The van der Waals surface area contributed by atoms with E-state index in [4.69, 9.17) is 0 Å². The molecule has 124 valence electrons. The predicted octanol–water partition coefficient (Wildman–Crippen LogP) is 4.11. The topological polar surface area (TPSA) is 6.48 Å². The summed E-state index contributed by atoms with van der Waals surface area (Å²) in [6.07, 6.45) is 5.60. The van der Waals surface area contributed by atoms with Crippen LogP contribution in [0.25, 0.3) is 0 Å². The van der Waals surface area contributed by atoms with Crippen LogP contribution >= 0.6 is 0 Å². The molecule has 0 saturated carbocycles. The molecule has 2 fully saturated rings. The SMILES string of the molecule is CC(C)C1CCN(C)C(CC(C)N2CCC(C(C)C)C2)C1. The number of likely N-dealkylation sites (tertiary alicyclic amines) is 2. The summed E-state index contributed by atoms with van der Waals surface area (Å²) in [5, 5.41) is 0. The third-order valence-electron chi connectivity index (χ3n) is 6.43. The van der Waals surface area contributed by atoms with Gasteiger partial charge in [-0.3, -0.25) is 0 Å². The first kappa shape index (κ1) is 17.3. The summed E-state index contributed by atoms with van der Waals surface area (Å²) in [7, 11) is 2.34. The highest BCUT2D eigenvalue weighted by molar-refractivity contribution is 4.87. The Bertz CT molecular complexity index is 313. The number of rotatable bonds is 5. The summed E-state index contributed by atoms with van der Waals surface area (Å²) in [6.45, 7) is 16.0. The Hall–Kier alpha value is -0.0800. The molecule has 0 bridgehead atoms. The molecule has 4 unspecified atom stereocenters.